The van der Waals surface area contributed by atoms with Crippen molar-refractivity contribution in [1.29, 1.82) is 0 Å². The molecule has 1 aromatic carbocycles. The summed E-state index contributed by atoms with van der Waals surface area (Å²) in [7, 11) is -3.51. The van der Waals surface area contributed by atoms with Crippen molar-refractivity contribution >= 4 is 21.6 Å². The highest BCUT2D eigenvalue weighted by molar-refractivity contribution is 7.89. The fraction of sp³-hybridized carbons (Fsp3) is 0.450. The molecule has 1 atom stereocenters. The first-order valence-electron chi connectivity index (χ1n) is 9.68. The summed E-state index contributed by atoms with van der Waals surface area (Å²) in [5.74, 6) is -0.382. The molecule has 2 heterocycles. The fourth-order valence-corrected chi connectivity index (χ4v) is 5.08. The Morgan fingerprint density at radius 1 is 1.10 bits per heavy atom. The average Bonchev–Trinajstić information content (AvgIpc) is 2.68. The number of amides is 1. The molecule has 0 aliphatic carbocycles. The van der Waals surface area contributed by atoms with E-state index in [1.54, 1.807) is 39.0 Å². The van der Waals surface area contributed by atoms with Gasteiger partial charge >= 0.3 is 5.69 Å². The van der Waals surface area contributed by atoms with Crippen molar-refractivity contribution in [3.05, 3.63) is 52.2 Å². The van der Waals surface area contributed by atoms with Crippen LogP contribution in [0.1, 0.15) is 43.6 Å². The number of nitrogens with zero attached hydrogens (tertiary/aromatic N) is 3. The number of anilines is 1. The van der Waals surface area contributed by atoms with Crippen LogP contribution in [0.4, 0.5) is 5.69 Å². The summed E-state index contributed by atoms with van der Waals surface area (Å²) < 4.78 is 28.3. The number of sulfonamides is 1. The molecule has 8 nitrogen and oxygen atoms in total. The van der Waals surface area contributed by atoms with Gasteiger partial charge < -0.3 is 5.32 Å². The zero-order valence-corrected chi connectivity index (χ0v) is 17.7. The third kappa shape index (κ3) is 4.56. The Labute approximate surface area is 170 Å². The normalized spacial score (nSPS) is 16.4. The first-order valence-corrected chi connectivity index (χ1v) is 11.1. The highest BCUT2D eigenvalue weighted by atomic mass is 32.2. The van der Waals surface area contributed by atoms with E-state index in [-0.39, 0.29) is 10.8 Å². The summed E-state index contributed by atoms with van der Waals surface area (Å²) in [5.41, 5.74) is 1.23. The van der Waals surface area contributed by atoms with Crippen molar-refractivity contribution in [3.8, 4) is 0 Å². The van der Waals surface area contributed by atoms with Crippen LogP contribution >= 0.6 is 0 Å². The summed E-state index contributed by atoms with van der Waals surface area (Å²) in [6.45, 7) is 6.17. The summed E-state index contributed by atoms with van der Waals surface area (Å²) >= 11 is 0. The second kappa shape index (κ2) is 8.46. The van der Waals surface area contributed by atoms with Crippen LogP contribution in [0.2, 0.25) is 0 Å². The monoisotopic (exact) mass is 418 g/mol. The molecule has 0 radical (unpaired) electrons. The summed E-state index contributed by atoms with van der Waals surface area (Å²) in [6, 6.07) is 7.09. The molecule has 0 saturated carbocycles. The van der Waals surface area contributed by atoms with Gasteiger partial charge in [-0.1, -0.05) is 6.42 Å². The standard InChI is InChI=1S/C20H26N4O4S/c1-14-13-15(2)24(20(26)21-14)16(3)19(25)22-17-7-9-18(10-8-17)29(27,28)23-11-5-4-6-12-23/h7-10,13,16H,4-6,11-12H2,1-3H3,(H,22,25). The zero-order valence-electron chi connectivity index (χ0n) is 16.9. The minimum Gasteiger partial charge on any atom is -0.324 e. The van der Waals surface area contributed by atoms with Gasteiger partial charge in [0, 0.05) is 30.2 Å². The fourth-order valence-electron chi connectivity index (χ4n) is 3.56. The van der Waals surface area contributed by atoms with Gasteiger partial charge in [-0.05, 0) is 63.9 Å². The molecule has 2 aromatic rings. The quantitative estimate of drug-likeness (QED) is 0.802. The lowest BCUT2D eigenvalue weighted by Gasteiger charge is -2.26. The van der Waals surface area contributed by atoms with Crippen LogP contribution in [0.3, 0.4) is 0 Å². The Kier molecular flexibility index (Phi) is 6.18. The van der Waals surface area contributed by atoms with Crippen molar-refractivity contribution < 1.29 is 13.2 Å². The second-order valence-corrected chi connectivity index (χ2v) is 9.28. The van der Waals surface area contributed by atoms with Crippen LogP contribution in [0.15, 0.2) is 40.0 Å². The molecule has 29 heavy (non-hydrogen) atoms. The van der Waals surface area contributed by atoms with E-state index in [0.717, 1.165) is 19.3 Å². The first kappa shape index (κ1) is 21.2. The van der Waals surface area contributed by atoms with Gasteiger partial charge in [-0.15, -0.1) is 0 Å². The van der Waals surface area contributed by atoms with Crippen LogP contribution in [0.25, 0.3) is 0 Å². The molecule has 1 fully saturated rings. The van der Waals surface area contributed by atoms with E-state index < -0.39 is 21.8 Å². The van der Waals surface area contributed by atoms with Crippen molar-refractivity contribution in [2.75, 3.05) is 18.4 Å². The van der Waals surface area contributed by atoms with Gasteiger partial charge in [-0.25, -0.2) is 13.2 Å². The van der Waals surface area contributed by atoms with E-state index in [4.69, 9.17) is 0 Å². The average molecular weight is 419 g/mol. The molecule has 1 saturated heterocycles. The van der Waals surface area contributed by atoms with Crippen LogP contribution in [0.5, 0.6) is 0 Å². The highest BCUT2D eigenvalue weighted by Crippen LogP contribution is 2.22. The van der Waals surface area contributed by atoms with Crippen LogP contribution in [-0.4, -0.2) is 41.3 Å². The van der Waals surface area contributed by atoms with Gasteiger partial charge in [0.2, 0.25) is 15.9 Å². The Morgan fingerprint density at radius 3 is 2.31 bits per heavy atom. The Bertz CT molecular complexity index is 1050. The summed E-state index contributed by atoms with van der Waals surface area (Å²) in [6.07, 6.45) is 2.80. The summed E-state index contributed by atoms with van der Waals surface area (Å²) in [4.78, 5) is 28.9. The maximum atomic E-state index is 12.7. The molecule has 1 N–H and O–H groups in total. The van der Waals surface area contributed by atoms with Crippen molar-refractivity contribution in [1.82, 2.24) is 13.9 Å². The van der Waals surface area contributed by atoms with Crippen LogP contribution in [-0.2, 0) is 14.8 Å². The molecule has 1 aromatic heterocycles. The van der Waals surface area contributed by atoms with E-state index in [1.807, 2.05) is 0 Å². The molecule has 1 aliphatic rings. The number of carbonyl (C=O) groups excluding carboxylic acids is 1. The number of aryl methyl sites for hydroxylation is 2. The maximum absolute atomic E-state index is 12.7. The predicted molar refractivity (Wildman–Crippen MR) is 110 cm³/mol. The lowest BCUT2D eigenvalue weighted by molar-refractivity contribution is -0.118. The zero-order chi connectivity index (χ0) is 21.2. The van der Waals surface area contributed by atoms with E-state index in [1.165, 1.54) is 21.0 Å². The van der Waals surface area contributed by atoms with E-state index in [9.17, 15) is 18.0 Å². The number of benzene rings is 1. The van der Waals surface area contributed by atoms with Gasteiger partial charge in [-0.2, -0.15) is 9.29 Å². The smallest absolute Gasteiger partial charge is 0.324 e. The molecule has 156 valence electrons. The number of hydrogen-bond acceptors (Lipinski definition) is 5. The Balaban J connectivity index is 1.74. The minimum absolute atomic E-state index is 0.209. The van der Waals surface area contributed by atoms with Crippen molar-refractivity contribution in [2.45, 2.75) is 51.0 Å². The predicted octanol–water partition coefficient (Wildman–Crippen LogP) is 2.23. The number of aromatic nitrogens is 2. The number of nitrogens with one attached hydrogen (secondary N) is 1. The maximum Gasteiger partial charge on any atom is 0.348 e. The molecule has 1 aliphatic heterocycles. The molecule has 1 amide bonds. The van der Waals surface area contributed by atoms with Gasteiger partial charge in [0.25, 0.3) is 0 Å². The molecule has 9 heteroatoms. The number of carbonyl (C=O) groups is 1. The number of piperidine rings is 1. The lowest BCUT2D eigenvalue weighted by Crippen LogP contribution is -2.35. The molecule has 3 rings (SSSR count). The van der Waals surface area contributed by atoms with E-state index in [2.05, 4.69) is 10.3 Å². The van der Waals surface area contributed by atoms with Gasteiger partial charge in [0.1, 0.15) is 6.04 Å². The summed E-state index contributed by atoms with van der Waals surface area (Å²) in [5, 5.41) is 2.73. The molecule has 0 spiro atoms. The van der Waals surface area contributed by atoms with Crippen molar-refractivity contribution in [2.24, 2.45) is 0 Å². The van der Waals surface area contributed by atoms with Gasteiger partial charge in [0.15, 0.2) is 0 Å². The molecular formula is C20H26N4O4S. The number of hydrogen-bond donors (Lipinski definition) is 1. The minimum atomic E-state index is -3.51. The second-order valence-electron chi connectivity index (χ2n) is 7.35. The van der Waals surface area contributed by atoms with Crippen LogP contribution in [0, 0.1) is 13.8 Å². The van der Waals surface area contributed by atoms with Gasteiger partial charge in [0.05, 0.1) is 4.90 Å². The van der Waals surface area contributed by atoms with Crippen LogP contribution < -0.4 is 11.0 Å². The Morgan fingerprint density at radius 2 is 1.72 bits per heavy atom. The largest absolute Gasteiger partial charge is 0.348 e. The lowest BCUT2D eigenvalue weighted by atomic mass is 10.2. The van der Waals surface area contributed by atoms with E-state index >= 15 is 0 Å². The van der Waals surface area contributed by atoms with E-state index in [0.29, 0.717) is 30.2 Å². The SMILES string of the molecule is Cc1cc(C)n(C(C)C(=O)Nc2ccc(S(=O)(=O)N3CCCCC3)cc2)c(=O)n1. The number of rotatable bonds is 5. The third-order valence-electron chi connectivity index (χ3n) is 5.12. The molecule has 0 bridgehead atoms. The molecular weight excluding hydrogens is 392 g/mol. The third-order valence-corrected chi connectivity index (χ3v) is 7.03. The Hall–Kier alpha value is -2.52. The topological polar surface area (TPSA) is 101 Å². The van der Waals surface area contributed by atoms with Crippen molar-refractivity contribution in [3.63, 3.8) is 0 Å². The molecule has 1 unspecified atom stereocenters. The first-order chi connectivity index (χ1) is 13.7. The highest BCUT2D eigenvalue weighted by Gasteiger charge is 2.26. The van der Waals surface area contributed by atoms with Gasteiger partial charge in [-0.3, -0.25) is 9.36 Å².